The number of hydrogen-bond donors (Lipinski definition) is 1. The lowest BCUT2D eigenvalue weighted by Gasteiger charge is -2.30. The number of thiophene rings is 1. The average molecular weight is 282 g/mol. The number of nitrogens with one attached hydrogen (secondary N) is 1. The lowest BCUT2D eigenvalue weighted by Crippen LogP contribution is -2.38. The molecule has 0 bridgehead atoms. The largest absolute Gasteiger partial charge is 0.308 e. The molecule has 2 nitrogen and oxygen atoms in total. The van der Waals surface area contributed by atoms with E-state index in [0.29, 0.717) is 6.04 Å². The van der Waals surface area contributed by atoms with Gasteiger partial charge in [-0.1, -0.05) is 6.92 Å². The Morgan fingerprint density at radius 3 is 3.17 bits per heavy atom. The molecule has 18 heavy (non-hydrogen) atoms. The van der Waals surface area contributed by atoms with Crippen LogP contribution in [-0.2, 0) is 0 Å². The van der Waals surface area contributed by atoms with Gasteiger partial charge in [0.15, 0.2) is 0 Å². The van der Waals surface area contributed by atoms with Crippen molar-refractivity contribution in [2.75, 3.05) is 20.1 Å². The molecule has 1 fully saturated rings. The summed E-state index contributed by atoms with van der Waals surface area (Å²) in [4.78, 5) is 2.50. The molecule has 0 radical (unpaired) electrons. The summed E-state index contributed by atoms with van der Waals surface area (Å²) in [6.45, 7) is 4.77. The lowest BCUT2D eigenvalue weighted by atomic mass is 10.0. The first-order chi connectivity index (χ1) is 8.74. The molecule has 100 valence electrons. The predicted molar refractivity (Wildman–Crippen MR) is 80.7 cm³/mol. The standard InChI is InChI=1S/C14H22N2S2/c1-10-8-13(12-5-7-17-14(12)18-10)15-9-11-4-3-6-16(11)2/h5,7,10-11,13,15H,3-4,6,8-9H2,1-2H3/t10-,11?,13?/m0/s1. The molecule has 3 rings (SSSR count). The SMILES string of the molecule is C[C@H]1CC(NCC2CCCN2C)c2ccsc2S1. The first-order valence-electron chi connectivity index (χ1n) is 6.91. The van der Waals surface area contributed by atoms with Crippen LogP contribution < -0.4 is 5.32 Å². The van der Waals surface area contributed by atoms with E-state index in [0.717, 1.165) is 17.8 Å². The summed E-state index contributed by atoms with van der Waals surface area (Å²) in [5.74, 6) is 0. The summed E-state index contributed by atoms with van der Waals surface area (Å²) < 4.78 is 1.53. The molecule has 0 amide bonds. The van der Waals surface area contributed by atoms with Crippen LogP contribution in [0.3, 0.4) is 0 Å². The number of likely N-dealkylation sites (N-methyl/N-ethyl adjacent to an activating group) is 1. The molecule has 2 aliphatic heterocycles. The number of rotatable bonds is 3. The Hall–Kier alpha value is -0.0300. The minimum Gasteiger partial charge on any atom is -0.308 e. The van der Waals surface area contributed by atoms with Crippen LogP contribution in [0.1, 0.15) is 37.8 Å². The van der Waals surface area contributed by atoms with Crippen molar-refractivity contribution in [2.24, 2.45) is 0 Å². The zero-order valence-electron chi connectivity index (χ0n) is 11.2. The van der Waals surface area contributed by atoms with Gasteiger partial charge in [0.1, 0.15) is 0 Å². The summed E-state index contributed by atoms with van der Waals surface area (Å²) >= 11 is 3.95. The number of likely N-dealkylation sites (tertiary alicyclic amines) is 1. The van der Waals surface area contributed by atoms with Gasteiger partial charge in [0, 0.05) is 23.9 Å². The van der Waals surface area contributed by atoms with Crippen LogP contribution in [0.15, 0.2) is 15.7 Å². The van der Waals surface area contributed by atoms with Gasteiger partial charge < -0.3 is 10.2 Å². The molecule has 1 aromatic rings. The van der Waals surface area contributed by atoms with Crippen LogP contribution in [0.2, 0.25) is 0 Å². The Morgan fingerprint density at radius 2 is 2.39 bits per heavy atom. The molecule has 1 N–H and O–H groups in total. The maximum Gasteiger partial charge on any atom is 0.0649 e. The van der Waals surface area contributed by atoms with Gasteiger partial charge in [-0.3, -0.25) is 0 Å². The van der Waals surface area contributed by atoms with E-state index in [2.05, 4.69) is 35.6 Å². The van der Waals surface area contributed by atoms with Crippen molar-refractivity contribution >= 4 is 23.1 Å². The van der Waals surface area contributed by atoms with Crippen LogP contribution in [0.25, 0.3) is 0 Å². The van der Waals surface area contributed by atoms with Gasteiger partial charge in [-0.2, -0.15) is 0 Å². The van der Waals surface area contributed by atoms with E-state index in [9.17, 15) is 0 Å². The molecule has 0 aromatic carbocycles. The third-order valence-electron chi connectivity index (χ3n) is 4.18. The van der Waals surface area contributed by atoms with Gasteiger partial charge in [0.25, 0.3) is 0 Å². The quantitative estimate of drug-likeness (QED) is 0.915. The number of fused-ring (bicyclic) bond motifs is 1. The summed E-state index contributed by atoms with van der Waals surface area (Å²) in [5.41, 5.74) is 1.55. The van der Waals surface area contributed by atoms with Crippen LogP contribution in [0, 0.1) is 0 Å². The minimum atomic E-state index is 0.580. The minimum absolute atomic E-state index is 0.580. The van der Waals surface area contributed by atoms with Crippen LogP contribution >= 0.6 is 23.1 Å². The molecule has 1 aromatic heterocycles. The van der Waals surface area contributed by atoms with E-state index in [1.165, 1.54) is 30.0 Å². The second kappa shape index (κ2) is 5.53. The van der Waals surface area contributed by atoms with Crippen molar-refractivity contribution < 1.29 is 0 Å². The molecule has 2 unspecified atom stereocenters. The van der Waals surface area contributed by atoms with Crippen LogP contribution in [0.5, 0.6) is 0 Å². The van der Waals surface area contributed by atoms with Crippen molar-refractivity contribution in [3.63, 3.8) is 0 Å². The Balaban J connectivity index is 1.63. The number of thioether (sulfide) groups is 1. The molecule has 2 aliphatic rings. The summed E-state index contributed by atoms with van der Waals surface area (Å²) in [7, 11) is 2.26. The summed E-state index contributed by atoms with van der Waals surface area (Å²) in [6, 6.07) is 3.64. The normalized spacial score (nSPS) is 32.7. The number of hydrogen-bond acceptors (Lipinski definition) is 4. The second-order valence-corrected chi connectivity index (χ2v) is 8.19. The fraction of sp³-hybridized carbons (Fsp3) is 0.714. The van der Waals surface area contributed by atoms with Gasteiger partial charge >= 0.3 is 0 Å². The van der Waals surface area contributed by atoms with Gasteiger partial charge in [-0.15, -0.1) is 23.1 Å². The van der Waals surface area contributed by atoms with Crippen molar-refractivity contribution in [1.82, 2.24) is 10.2 Å². The average Bonchev–Trinajstić information content (AvgIpc) is 2.94. The highest BCUT2D eigenvalue weighted by molar-refractivity contribution is 8.01. The Morgan fingerprint density at radius 1 is 1.50 bits per heavy atom. The lowest BCUT2D eigenvalue weighted by molar-refractivity contribution is 0.288. The molecular formula is C14H22N2S2. The van der Waals surface area contributed by atoms with Crippen molar-refractivity contribution in [3.05, 3.63) is 17.0 Å². The zero-order valence-corrected chi connectivity index (χ0v) is 12.8. The first-order valence-corrected chi connectivity index (χ1v) is 8.67. The van der Waals surface area contributed by atoms with E-state index in [1.54, 1.807) is 5.56 Å². The third-order valence-corrected chi connectivity index (χ3v) is 6.52. The van der Waals surface area contributed by atoms with E-state index >= 15 is 0 Å². The smallest absolute Gasteiger partial charge is 0.0649 e. The second-order valence-electron chi connectivity index (χ2n) is 5.57. The maximum atomic E-state index is 3.82. The highest BCUT2D eigenvalue weighted by Gasteiger charge is 2.28. The summed E-state index contributed by atoms with van der Waals surface area (Å²) in [6.07, 6.45) is 3.99. The van der Waals surface area contributed by atoms with E-state index in [1.807, 2.05) is 23.1 Å². The van der Waals surface area contributed by atoms with Crippen molar-refractivity contribution in [1.29, 1.82) is 0 Å². The molecule has 3 heterocycles. The topological polar surface area (TPSA) is 15.3 Å². The molecule has 0 aliphatic carbocycles. The molecule has 3 atom stereocenters. The van der Waals surface area contributed by atoms with E-state index in [4.69, 9.17) is 0 Å². The van der Waals surface area contributed by atoms with Crippen molar-refractivity contribution in [2.45, 2.75) is 47.7 Å². The fourth-order valence-corrected chi connectivity index (χ4v) is 5.62. The van der Waals surface area contributed by atoms with E-state index in [-0.39, 0.29) is 0 Å². The summed E-state index contributed by atoms with van der Waals surface area (Å²) in [5, 5.41) is 6.81. The van der Waals surface area contributed by atoms with Crippen LogP contribution in [-0.4, -0.2) is 36.3 Å². The highest BCUT2D eigenvalue weighted by Crippen LogP contribution is 2.43. The van der Waals surface area contributed by atoms with Gasteiger partial charge in [0.05, 0.1) is 4.21 Å². The molecular weight excluding hydrogens is 260 g/mol. The fourth-order valence-electron chi connectivity index (χ4n) is 3.06. The van der Waals surface area contributed by atoms with E-state index < -0.39 is 0 Å². The predicted octanol–water partition coefficient (Wildman–Crippen LogP) is 3.36. The Kier molecular flexibility index (Phi) is 3.99. The molecule has 1 saturated heterocycles. The van der Waals surface area contributed by atoms with Crippen LogP contribution in [0.4, 0.5) is 0 Å². The maximum absolute atomic E-state index is 3.82. The highest BCUT2D eigenvalue weighted by atomic mass is 32.2. The third kappa shape index (κ3) is 2.62. The zero-order chi connectivity index (χ0) is 12.5. The number of nitrogens with zero attached hydrogens (tertiary/aromatic N) is 1. The Labute approximate surface area is 118 Å². The monoisotopic (exact) mass is 282 g/mol. The first kappa shape index (κ1) is 13.0. The van der Waals surface area contributed by atoms with Gasteiger partial charge in [0.2, 0.25) is 0 Å². The molecule has 0 spiro atoms. The van der Waals surface area contributed by atoms with Gasteiger partial charge in [-0.05, 0) is 49.9 Å². The van der Waals surface area contributed by atoms with Crippen molar-refractivity contribution in [3.8, 4) is 0 Å². The molecule has 4 heteroatoms. The van der Waals surface area contributed by atoms with Gasteiger partial charge in [-0.25, -0.2) is 0 Å². The molecule has 0 saturated carbocycles. The Bertz CT molecular complexity index is 404.